The van der Waals surface area contributed by atoms with E-state index < -0.39 is 26.8 Å². The Morgan fingerprint density at radius 3 is 2.30 bits per heavy atom. The maximum Gasteiger partial charge on any atom is 0.416 e. The minimum atomic E-state index is -4.72. The molecule has 0 radical (unpaired) electrons. The number of amides is 1. The first-order valence-electron chi connectivity index (χ1n) is 11.2. The van der Waals surface area contributed by atoms with Crippen molar-refractivity contribution in [3.8, 4) is 11.5 Å². The first-order chi connectivity index (χ1) is 17.4. The smallest absolute Gasteiger partial charge is 0.416 e. The molecule has 0 aliphatic rings. The lowest BCUT2D eigenvalue weighted by Crippen LogP contribution is -2.37. The van der Waals surface area contributed by atoms with Crippen LogP contribution in [0.4, 0.5) is 13.2 Å². The van der Waals surface area contributed by atoms with Gasteiger partial charge in [0.1, 0.15) is 4.90 Å². The number of carbonyl (C=O) groups excluding carboxylic acids is 1. The molecule has 0 spiro atoms. The zero-order valence-corrected chi connectivity index (χ0v) is 21.8. The molecule has 0 aliphatic heterocycles. The van der Waals surface area contributed by atoms with Crippen LogP contribution in [0.15, 0.2) is 71.6 Å². The molecule has 0 heterocycles. The highest BCUT2D eigenvalue weighted by Crippen LogP contribution is 2.34. The Kier molecular flexibility index (Phi) is 8.76. The molecule has 1 unspecified atom stereocenters. The van der Waals surface area contributed by atoms with Crippen molar-refractivity contribution in [1.29, 1.82) is 0 Å². The average molecular weight is 556 g/mol. The first-order valence-corrected chi connectivity index (χ1v) is 13.0. The lowest BCUT2D eigenvalue weighted by Gasteiger charge is -2.29. The van der Waals surface area contributed by atoms with Gasteiger partial charge >= 0.3 is 16.3 Å². The van der Waals surface area contributed by atoms with E-state index >= 15 is 0 Å². The number of halogens is 4. The van der Waals surface area contributed by atoms with Crippen molar-refractivity contribution in [2.45, 2.75) is 43.9 Å². The molecule has 37 heavy (non-hydrogen) atoms. The minimum absolute atomic E-state index is 0.0541. The van der Waals surface area contributed by atoms with E-state index in [0.29, 0.717) is 28.6 Å². The van der Waals surface area contributed by atoms with Crippen LogP contribution >= 0.6 is 11.6 Å². The molecular formula is C26H25ClF3NO5S. The maximum atomic E-state index is 13.2. The number of hydrogen-bond donors (Lipinski definition) is 0. The van der Waals surface area contributed by atoms with Crippen LogP contribution in [-0.2, 0) is 22.8 Å². The summed E-state index contributed by atoms with van der Waals surface area (Å²) in [6.07, 6.45) is -4.07. The highest BCUT2D eigenvalue weighted by Gasteiger charge is 2.32. The maximum absolute atomic E-state index is 13.2. The summed E-state index contributed by atoms with van der Waals surface area (Å²) in [5.41, 5.74) is -0.165. The molecule has 1 atom stereocenters. The molecule has 0 N–H and O–H groups in total. The molecule has 3 rings (SSSR count). The summed E-state index contributed by atoms with van der Waals surface area (Å²) in [4.78, 5) is 14.2. The molecule has 0 aromatic heterocycles. The third kappa shape index (κ3) is 6.95. The van der Waals surface area contributed by atoms with Gasteiger partial charge in [0.25, 0.3) is 5.91 Å². The standard InChI is InChI=1S/C26H25ClF3NO5S/c1-4-17(2)31(25(32)19-9-11-21(27)12-10-19)16-18-8-13-23(35-3)24(14-18)36-37(33,34)22-7-5-6-20(15-22)26(28,29)30/h5-15,17H,4,16H2,1-3H3. The van der Waals surface area contributed by atoms with Crippen molar-refractivity contribution in [2.24, 2.45) is 0 Å². The fraction of sp³-hybridized carbons (Fsp3) is 0.269. The number of methoxy groups -OCH3 is 1. The number of alkyl halides is 3. The SMILES string of the molecule is CCC(C)N(Cc1ccc(OC)c(OS(=O)(=O)c2cccc(C(F)(F)F)c2)c1)C(=O)c1ccc(Cl)cc1. The molecular weight excluding hydrogens is 531 g/mol. The fourth-order valence-corrected chi connectivity index (χ4v) is 4.59. The Hall–Kier alpha value is -3.24. The van der Waals surface area contributed by atoms with Crippen molar-refractivity contribution in [3.05, 3.63) is 88.4 Å². The summed E-state index contributed by atoms with van der Waals surface area (Å²) in [6, 6.07) is 14.0. The Labute approximate surface area is 218 Å². The Bertz CT molecular complexity index is 1360. The fourth-order valence-electron chi connectivity index (χ4n) is 3.48. The number of hydrogen-bond acceptors (Lipinski definition) is 5. The predicted octanol–water partition coefficient (Wildman–Crippen LogP) is 6.58. The number of nitrogens with zero attached hydrogens (tertiary/aromatic N) is 1. The third-order valence-electron chi connectivity index (χ3n) is 5.71. The summed E-state index contributed by atoms with van der Waals surface area (Å²) < 4.78 is 75.3. The highest BCUT2D eigenvalue weighted by molar-refractivity contribution is 7.87. The van der Waals surface area contributed by atoms with Crippen molar-refractivity contribution in [1.82, 2.24) is 4.90 Å². The van der Waals surface area contributed by atoms with Crippen LogP contribution in [0.25, 0.3) is 0 Å². The van der Waals surface area contributed by atoms with E-state index in [1.807, 2.05) is 13.8 Å². The number of benzene rings is 3. The number of rotatable bonds is 9. The molecule has 0 aliphatic carbocycles. The van der Waals surface area contributed by atoms with Gasteiger partial charge in [-0.05, 0) is 73.5 Å². The quantitative estimate of drug-likeness (QED) is 0.279. The summed E-state index contributed by atoms with van der Waals surface area (Å²) in [7, 11) is -3.33. The molecule has 3 aromatic carbocycles. The van der Waals surface area contributed by atoms with Gasteiger partial charge in [-0.3, -0.25) is 4.79 Å². The second-order valence-electron chi connectivity index (χ2n) is 8.25. The van der Waals surface area contributed by atoms with Gasteiger partial charge in [-0.2, -0.15) is 21.6 Å². The van der Waals surface area contributed by atoms with Crippen molar-refractivity contribution in [2.75, 3.05) is 7.11 Å². The van der Waals surface area contributed by atoms with E-state index in [0.717, 1.165) is 18.2 Å². The molecule has 3 aromatic rings. The van der Waals surface area contributed by atoms with E-state index in [2.05, 4.69) is 0 Å². The van der Waals surface area contributed by atoms with Gasteiger partial charge in [0.05, 0.1) is 12.7 Å². The summed E-state index contributed by atoms with van der Waals surface area (Å²) >= 11 is 5.93. The molecule has 0 saturated heterocycles. The van der Waals surface area contributed by atoms with Gasteiger partial charge in [-0.25, -0.2) is 0 Å². The van der Waals surface area contributed by atoms with Crippen molar-refractivity contribution >= 4 is 27.6 Å². The van der Waals surface area contributed by atoms with Gasteiger partial charge in [0.15, 0.2) is 11.5 Å². The van der Waals surface area contributed by atoms with E-state index in [9.17, 15) is 26.4 Å². The molecule has 0 fully saturated rings. The topological polar surface area (TPSA) is 72.9 Å². The molecule has 0 saturated carbocycles. The molecule has 1 amide bonds. The number of ether oxygens (including phenoxy) is 1. The summed E-state index contributed by atoms with van der Waals surface area (Å²) in [5, 5.41) is 0.491. The molecule has 0 bridgehead atoms. The van der Waals surface area contributed by atoms with Gasteiger partial charge in [0, 0.05) is 23.2 Å². The minimum Gasteiger partial charge on any atom is -0.493 e. The average Bonchev–Trinajstić information content (AvgIpc) is 2.86. The Balaban J connectivity index is 1.93. The lowest BCUT2D eigenvalue weighted by atomic mass is 10.1. The molecule has 6 nitrogen and oxygen atoms in total. The van der Waals surface area contributed by atoms with Crippen LogP contribution in [0, 0.1) is 0 Å². The van der Waals surface area contributed by atoms with Gasteiger partial charge in [-0.1, -0.05) is 30.7 Å². The summed E-state index contributed by atoms with van der Waals surface area (Å²) in [5.74, 6) is -0.417. The van der Waals surface area contributed by atoms with Crippen LogP contribution < -0.4 is 8.92 Å². The predicted molar refractivity (Wildman–Crippen MR) is 133 cm³/mol. The van der Waals surface area contributed by atoms with Crippen molar-refractivity contribution < 1.29 is 35.3 Å². The first kappa shape index (κ1) is 28.3. The van der Waals surface area contributed by atoms with Crippen LogP contribution in [0.2, 0.25) is 5.02 Å². The van der Waals surface area contributed by atoms with E-state index in [4.69, 9.17) is 20.5 Å². The zero-order chi connectivity index (χ0) is 27.4. The number of carbonyl (C=O) groups is 1. The summed E-state index contributed by atoms with van der Waals surface area (Å²) in [6.45, 7) is 3.92. The van der Waals surface area contributed by atoms with Gasteiger partial charge < -0.3 is 13.8 Å². The van der Waals surface area contributed by atoms with Crippen LogP contribution in [0.5, 0.6) is 11.5 Å². The van der Waals surface area contributed by atoms with Crippen molar-refractivity contribution in [3.63, 3.8) is 0 Å². The van der Waals surface area contributed by atoms with Crippen LogP contribution in [0.3, 0.4) is 0 Å². The van der Waals surface area contributed by atoms with Gasteiger partial charge in [-0.15, -0.1) is 0 Å². The second kappa shape index (κ2) is 11.4. The van der Waals surface area contributed by atoms with E-state index in [1.54, 1.807) is 35.2 Å². The van der Waals surface area contributed by atoms with Crippen LogP contribution in [-0.4, -0.2) is 32.4 Å². The normalized spacial score (nSPS) is 12.6. The van der Waals surface area contributed by atoms with Crippen LogP contribution in [0.1, 0.15) is 41.8 Å². The van der Waals surface area contributed by atoms with E-state index in [1.165, 1.54) is 19.2 Å². The Morgan fingerprint density at radius 1 is 1.03 bits per heavy atom. The molecule has 11 heteroatoms. The Morgan fingerprint density at radius 2 is 1.70 bits per heavy atom. The highest BCUT2D eigenvalue weighted by atomic mass is 35.5. The van der Waals surface area contributed by atoms with Gasteiger partial charge in [0.2, 0.25) is 0 Å². The monoisotopic (exact) mass is 555 g/mol. The van der Waals surface area contributed by atoms with E-state index in [-0.39, 0.29) is 30.0 Å². The second-order valence-corrected chi connectivity index (χ2v) is 10.2. The zero-order valence-electron chi connectivity index (χ0n) is 20.3. The third-order valence-corrected chi connectivity index (χ3v) is 7.19. The molecule has 198 valence electrons. The largest absolute Gasteiger partial charge is 0.493 e. The lowest BCUT2D eigenvalue weighted by molar-refractivity contribution is -0.137.